The molecule has 1 atom stereocenters. The number of nitrogens with one attached hydrogen (secondary N) is 1. The molecule has 2 fully saturated rings. The van der Waals surface area contributed by atoms with Gasteiger partial charge in [0.05, 0.1) is 0 Å². The van der Waals surface area contributed by atoms with Gasteiger partial charge < -0.3 is 10.2 Å². The van der Waals surface area contributed by atoms with Gasteiger partial charge in [-0.05, 0) is 56.4 Å². The fourth-order valence-electron chi connectivity index (χ4n) is 4.62. The Morgan fingerprint density at radius 2 is 1.93 bits per heavy atom. The number of carbonyl (C=O) groups is 2. The molecule has 0 unspecified atom stereocenters. The first-order chi connectivity index (χ1) is 13.9. The molecule has 6 heteroatoms. The molecule has 0 radical (unpaired) electrons. The highest BCUT2D eigenvalue weighted by Gasteiger charge is 2.33. The molecule has 1 saturated heterocycles. The summed E-state index contributed by atoms with van der Waals surface area (Å²) in [5.41, 5.74) is 3.00. The average molecular weight is 420 g/mol. The molecule has 2 aliphatic rings. The van der Waals surface area contributed by atoms with Gasteiger partial charge in [-0.15, -0.1) is 0 Å². The number of nitrogens with zero attached hydrogens (tertiary/aromatic N) is 2. The molecule has 1 saturated carbocycles. The Labute approximate surface area is 179 Å². The molecule has 1 aromatic carbocycles. The minimum atomic E-state index is 0.0245. The number of carbonyl (C=O) groups excluding carboxylic acids is 2. The zero-order valence-electron chi connectivity index (χ0n) is 18.0. The minimum Gasteiger partial charge on any atom is -0.337 e. The van der Waals surface area contributed by atoms with Crippen LogP contribution in [0.5, 0.6) is 0 Å². The van der Waals surface area contributed by atoms with Crippen LogP contribution in [-0.4, -0.2) is 47.3 Å². The largest absolute Gasteiger partial charge is 0.337 e. The molecule has 1 heterocycles. The summed E-state index contributed by atoms with van der Waals surface area (Å²) in [6.07, 6.45) is 5.82. The summed E-state index contributed by atoms with van der Waals surface area (Å²) >= 11 is 6.34. The number of rotatable bonds is 6. The average Bonchev–Trinajstić information content (AvgIpc) is 3.20. The SMILES string of the molecule is CCCC(=O)Nc1cc(Cl)cc(CN2CCN(C(=O)C3CCCC3)[C@@H](C)C2)c1C. The van der Waals surface area contributed by atoms with Crippen LogP contribution in [0, 0.1) is 12.8 Å². The molecule has 29 heavy (non-hydrogen) atoms. The lowest BCUT2D eigenvalue weighted by atomic mass is 10.0. The van der Waals surface area contributed by atoms with Crippen LogP contribution in [0.4, 0.5) is 5.69 Å². The van der Waals surface area contributed by atoms with Crippen molar-refractivity contribution in [2.24, 2.45) is 5.92 Å². The van der Waals surface area contributed by atoms with Gasteiger partial charge in [0.2, 0.25) is 11.8 Å². The summed E-state index contributed by atoms with van der Waals surface area (Å²) in [5, 5.41) is 3.64. The van der Waals surface area contributed by atoms with E-state index < -0.39 is 0 Å². The Bertz CT molecular complexity index is 746. The summed E-state index contributed by atoms with van der Waals surface area (Å²) in [5.74, 6) is 0.624. The van der Waals surface area contributed by atoms with Crippen molar-refractivity contribution in [3.05, 3.63) is 28.3 Å². The van der Waals surface area contributed by atoms with E-state index in [4.69, 9.17) is 11.6 Å². The number of hydrogen-bond donors (Lipinski definition) is 1. The van der Waals surface area contributed by atoms with Gasteiger partial charge in [-0.2, -0.15) is 0 Å². The molecule has 1 aliphatic carbocycles. The van der Waals surface area contributed by atoms with E-state index in [0.29, 0.717) is 17.4 Å². The summed E-state index contributed by atoms with van der Waals surface area (Å²) in [6.45, 7) is 9.48. The molecule has 160 valence electrons. The second-order valence-corrected chi connectivity index (χ2v) is 9.07. The van der Waals surface area contributed by atoms with Crippen molar-refractivity contribution >= 4 is 29.1 Å². The number of hydrogen-bond acceptors (Lipinski definition) is 3. The summed E-state index contributed by atoms with van der Waals surface area (Å²) in [7, 11) is 0. The van der Waals surface area contributed by atoms with E-state index in [1.54, 1.807) is 0 Å². The number of amides is 2. The molecule has 0 aromatic heterocycles. The molecule has 0 spiro atoms. The molecular formula is C23H34ClN3O2. The van der Waals surface area contributed by atoms with Crippen molar-refractivity contribution in [2.75, 3.05) is 25.0 Å². The monoisotopic (exact) mass is 419 g/mol. The van der Waals surface area contributed by atoms with Crippen LogP contribution in [0.15, 0.2) is 12.1 Å². The van der Waals surface area contributed by atoms with Crippen molar-refractivity contribution < 1.29 is 9.59 Å². The summed E-state index contributed by atoms with van der Waals surface area (Å²) < 4.78 is 0. The molecule has 2 amide bonds. The predicted octanol–water partition coefficient (Wildman–Crippen LogP) is 4.61. The molecule has 0 bridgehead atoms. The first kappa shape index (κ1) is 22.1. The summed E-state index contributed by atoms with van der Waals surface area (Å²) in [6, 6.07) is 4.04. The van der Waals surface area contributed by atoms with Gasteiger partial charge in [0.15, 0.2) is 0 Å². The molecule has 1 aromatic rings. The van der Waals surface area contributed by atoms with Crippen LogP contribution in [0.2, 0.25) is 5.02 Å². The standard InChI is InChI=1S/C23H34ClN3O2/c1-4-7-22(28)25-21-13-20(24)12-19(17(21)3)15-26-10-11-27(16(2)14-26)23(29)18-8-5-6-9-18/h12-13,16,18H,4-11,14-15H2,1-3H3,(H,25,28)/t16-/m0/s1. The van der Waals surface area contributed by atoms with E-state index in [1.807, 2.05) is 26.0 Å². The number of halogens is 1. The second kappa shape index (κ2) is 9.94. The van der Waals surface area contributed by atoms with E-state index in [1.165, 1.54) is 12.8 Å². The Balaban J connectivity index is 1.64. The maximum Gasteiger partial charge on any atom is 0.226 e. The van der Waals surface area contributed by atoms with Gasteiger partial charge >= 0.3 is 0 Å². The van der Waals surface area contributed by atoms with Crippen LogP contribution >= 0.6 is 11.6 Å². The highest BCUT2D eigenvalue weighted by molar-refractivity contribution is 6.31. The van der Waals surface area contributed by atoms with E-state index >= 15 is 0 Å². The first-order valence-corrected chi connectivity index (χ1v) is 11.4. The highest BCUT2D eigenvalue weighted by atomic mass is 35.5. The molecule has 1 N–H and O–H groups in total. The Kier molecular flexibility index (Phi) is 7.58. The van der Waals surface area contributed by atoms with E-state index in [9.17, 15) is 9.59 Å². The highest BCUT2D eigenvalue weighted by Crippen LogP contribution is 2.29. The number of anilines is 1. The topological polar surface area (TPSA) is 52.7 Å². The molecular weight excluding hydrogens is 386 g/mol. The van der Waals surface area contributed by atoms with Gasteiger partial charge in [0.25, 0.3) is 0 Å². The van der Waals surface area contributed by atoms with Crippen LogP contribution in [0.1, 0.15) is 63.5 Å². The second-order valence-electron chi connectivity index (χ2n) is 8.63. The van der Waals surface area contributed by atoms with Crippen LogP contribution < -0.4 is 5.32 Å². The Hall–Kier alpha value is -1.59. The lowest BCUT2D eigenvalue weighted by Crippen LogP contribution is -2.54. The van der Waals surface area contributed by atoms with Gasteiger partial charge in [-0.1, -0.05) is 31.4 Å². The fraction of sp³-hybridized carbons (Fsp3) is 0.652. The zero-order chi connectivity index (χ0) is 21.0. The van der Waals surface area contributed by atoms with Crippen molar-refractivity contribution in [3.63, 3.8) is 0 Å². The predicted molar refractivity (Wildman–Crippen MR) is 118 cm³/mol. The maximum atomic E-state index is 12.8. The van der Waals surface area contributed by atoms with Gasteiger partial charge in [0.1, 0.15) is 0 Å². The minimum absolute atomic E-state index is 0.0245. The Morgan fingerprint density at radius 1 is 1.21 bits per heavy atom. The van der Waals surface area contributed by atoms with E-state index in [0.717, 1.165) is 62.3 Å². The zero-order valence-corrected chi connectivity index (χ0v) is 18.7. The third-order valence-electron chi connectivity index (χ3n) is 6.32. The maximum absolute atomic E-state index is 12.8. The van der Waals surface area contributed by atoms with Gasteiger partial charge in [-0.3, -0.25) is 14.5 Å². The van der Waals surface area contributed by atoms with Crippen LogP contribution in [-0.2, 0) is 16.1 Å². The van der Waals surface area contributed by atoms with Crippen molar-refractivity contribution in [1.29, 1.82) is 0 Å². The molecule has 1 aliphatic heterocycles. The molecule has 5 nitrogen and oxygen atoms in total. The van der Waals surface area contributed by atoms with Gasteiger partial charge in [0, 0.05) is 55.3 Å². The quantitative estimate of drug-likeness (QED) is 0.732. The van der Waals surface area contributed by atoms with Gasteiger partial charge in [-0.25, -0.2) is 0 Å². The summed E-state index contributed by atoms with van der Waals surface area (Å²) in [4.78, 5) is 29.3. The fourth-order valence-corrected chi connectivity index (χ4v) is 4.86. The van der Waals surface area contributed by atoms with Crippen molar-refractivity contribution in [3.8, 4) is 0 Å². The third kappa shape index (κ3) is 5.52. The normalized spacial score (nSPS) is 20.8. The van der Waals surface area contributed by atoms with Crippen LogP contribution in [0.3, 0.4) is 0 Å². The van der Waals surface area contributed by atoms with Crippen LogP contribution in [0.25, 0.3) is 0 Å². The lowest BCUT2D eigenvalue weighted by molar-refractivity contribution is -0.140. The number of benzene rings is 1. The Morgan fingerprint density at radius 3 is 2.59 bits per heavy atom. The number of piperazine rings is 1. The van der Waals surface area contributed by atoms with E-state index in [2.05, 4.69) is 22.0 Å². The third-order valence-corrected chi connectivity index (χ3v) is 6.54. The smallest absolute Gasteiger partial charge is 0.226 e. The molecule has 3 rings (SSSR count). The van der Waals surface area contributed by atoms with E-state index in [-0.39, 0.29) is 17.9 Å². The van der Waals surface area contributed by atoms with Crippen molar-refractivity contribution in [1.82, 2.24) is 9.80 Å². The first-order valence-electron chi connectivity index (χ1n) is 11.0. The van der Waals surface area contributed by atoms with Crippen molar-refractivity contribution in [2.45, 2.75) is 71.9 Å². The lowest BCUT2D eigenvalue weighted by Gasteiger charge is -2.41.